The molecule has 2 atom stereocenters. The van der Waals surface area contributed by atoms with Gasteiger partial charge in [-0.05, 0) is 58.2 Å². The first-order valence-corrected chi connectivity index (χ1v) is 10.9. The lowest BCUT2D eigenvalue weighted by Gasteiger charge is -2.30. The van der Waals surface area contributed by atoms with Crippen molar-refractivity contribution in [2.45, 2.75) is 58.1 Å². The van der Waals surface area contributed by atoms with E-state index in [1.807, 2.05) is 0 Å². The van der Waals surface area contributed by atoms with Crippen molar-refractivity contribution < 1.29 is 27.8 Å². The minimum atomic E-state index is -0.628. The van der Waals surface area contributed by atoms with Crippen LogP contribution in [0.25, 0.3) is 11.1 Å². The predicted molar refractivity (Wildman–Crippen MR) is 120 cm³/mol. The van der Waals surface area contributed by atoms with Crippen LogP contribution in [0.3, 0.4) is 0 Å². The third kappa shape index (κ3) is 6.63. The van der Waals surface area contributed by atoms with Gasteiger partial charge in [0.2, 0.25) is 5.91 Å². The average Bonchev–Trinajstić information content (AvgIpc) is 2.74. The fourth-order valence-electron chi connectivity index (χ4n) is 3.86. The number of aromatic nitrogens is 1. The van der Waals surface area contributed by atoms with Gasteiger partial charge in [0.25, 0.3) is 0 Å². The molecule has 0 spiro atoms. The Kier molecular flexibility index (Phi) is 7.50. The van der Waals surface area contributed by atoms with E-state index in [9.17, 15) is 18.4 Å². The van der Waals surface area contributed by atoms with E-state index in [4.69, 9.17) is 9.47 Å². The van der Waals surface area contributed by atoms with Crippen molar-refractivity contribution >= 4 is 17.8 Å². The summed E-state index contributed by atoms with van der Waals surface area (Å²) in [5.74, 6) is -1.40. The molecule has 7 nitrogen and oxygen atoms in total. The molecule has 0 radical (unpaired) electrons. The summed E-state index contributed by atoms with van der Waals surface area (Å²) in [6, 6.07) is 4.99. The van der Waals surface area contributed by atoms with Gasteiger partial charge in [-0.1, -0.05) is 6.42 Å². The molecule has 1 aliphatic rings. The van der Waals surface area contributed by atoms with Crippen molar-refractivity contribution in [1.82, 2.24) is 10.3 Å². The van der Waals surface area contributed by atoms with E-state index < -0.39 is 23.3 Å². The van der Waals surface area contributed by atoms with Gasteiger partial charge in [0.1, 0.15) is 28.8 Å². The number of ether oxygens (including phenoxy) is 2. The highest BCUT2D eigenvalue weighted by atomic mass is 19.1. The van der Waals surface area contributed by atoms with Gasteiger partial charge in [-0.2, -0.15) is 0 Å². The Labute approximate surface area is 191 Å². The van der Waals surface area contributed by atoms with E-state index in [1.54, 1.807) is 20.8 Å². The van der Waals surface area contributed by atoms with Gasteiger partial charge < -0.3 is 20.1 Å². The molecule has 33 heavy (non-hydrogen) atoms. The van der Waals surface area contributed by atoms with Crippen LogP contribution < -0.4 is 15.4 Å². The van der Waals surface area contributed by atoms with E-state index in [2.05, 4.69) is 15.6 Å². The molecule has 2 N–H and O–H groups in total. The maximum absolute atomic E-state index is 14.5. The topological polar surface area (TPSA) is 89.6 Å². The number of methoxy groups -OCH3 is 1. The predicted octanol–water partition coefficient (Wildman–Crippen LogP) is 5.06. The largest absolute Gasteiger partial charge is 0.496 e. The van der Waals surface area contributed by atoms with Crippen molar-refractivity contribution in [2.75, 3.05) is 12.4 Å². The number of nitrogens with zero attached hydrogens (tertiary/aromatic N) is 1. The van der Waals surface area contributed by atoms with Gasteiger partial charge in [-0.15, -0.1) is 0 Å². The smallest absolute Gasteiger partial charge is 0.407 e. The number of amides is 2. The Morgan fingerprint density at radius 1 is 1.12 bits per heavy atom. The number of benzene rings is 1. The molecule has 1 fully saturated rings. The minimum absolute atomic E-state index is 0.130. The molecule has 1 aromatic heterocycles. The second-order valence-electron chi connectivity index (χ2n) is 9.09. The van der Waals surface area contributed by atoms with Crippen LogP contribution in [0.15, 0.2) is 30.5 Å². The molecule has 1 saturated carbocycles. The molecular weight excluding hydrogens is 432 g/mol. The van der Waals surface area contributed by atoms with Crippen LogP contribution in [0.5, 0.6) is 5.75 Å². The third-order valence-corrected chi connectivity index (χ3v) is 5.33. The molecule has 0 saturated heterocycles. The summed E-state index contributed by atoms with van der Waals surface area (Å²) in [6.07, 6.45) is 3.15. The lowest BCUT2D eigenvalue weighted by molar-refractivity contribution is -0.121. The number of rotatable bonds is 5. The molecule has 0 aliphatic heterocycles. The Bertz CT molecular complexity index is 1020. The fraction of sp³-hybridized carbons (Fsp3) is 0.458. The van der Waals surface area contributed by atoms with E-state index in [-0.39, 0.29) is 35.0 Å². The van der Waals surface area contributed by atoms with Crippen LogP contribution in [0.4, 0.5) is 19.4 Å². The molecule has 0 unspecified atom stereocenters. The monoisotopic (exact) mass is 461 g/mol. The molecule has 2 aromatic rings. The first kappa shape index (κ1) is 24.4. The van der Waals surface area contributed by atoms with Crippen molar-refractivity contribution in [2.24, 2.45) is 5.92 Å². The number of anilines is 1. The number of nitrogens with one attached hydrogen (secondary N) is 2. The number of pyridine rings is 1. The molecular formula is C24H29F2N3O4. The highest BCUT2D eigenvalue weighted by Crippen LogP contribution is 2.34. The van der Waals surface area contributed by atoms with Crippen LogP contribution in [0.2, 0.25) is 0 Å². The molecule has 1 aromatic carbocycles. The number of hydrogen-bond acceptors (Lipinski definition) is 5. The van der Waals surface area contributed by atoms with Crippen molar-refractivity contribution in [3.05, 3.63) is 42.1 Å². The first-order valence-electron chi connectivity index (χ1n) is 10.9. The van der Waals surface area contributed by atoms with Crippen LogP contribution in [0.1, 0.15) is 46.5 Å². The summed E-state index contributed by atoms with van der Waals surface area (Å²) in [4.78, 5) is 28.9. The van der Waals surface area contributed by atoms with Crippen LogP contribution in [0, 0.1) is 17.6 Å². The van der Waals surface area contributed by atoms with E-state index in [0.29, 0.717) is 18.4 Å². The van der Waals surface area contributed by atoms with Crippen LogP contribution in [-0.2, 0) is 9.53 Å². The normalized spacial score (nSPS) is 18.4. The second-order valence-corrected chi connectivity index (χ2v) is 9.09. The molecule has 9 heteroatoms. The number of carbonyl (C=O) groups excluding carboxylic acids is 2. The number of alkyl carbamates (subject to hydrolysis) is 1. The maximum Gasteiger partial charge on any atom is 0.407 e. The molecule has 2 amide bonds. The number of hydrogen-bond donors (Lipinski definition) is 2. The summed E-state index contributed by atoms with van der Waals surface area (Å²) in [5, 5.41) is 5.56. The van der Waals surface area contributed by atoms with Crippen LogP contribution in [-0.4, -0.2) is 35.7 Å². The van der Waals surface area contributed by atoms with Crippen molar-refractivity contribution in [3.63, 3.8) is 0 Å². The van der Waals surface area contributed by atoms with E-state index in [1.165, 1.54) is 25.3 Å². The average molecular weight is 462 g/mol. The van der Waals surface area contributed by atoms with Crippen molar-refractivity contribution in [1.29, 1.82) is 0 Å². The SMILES string of the molecule is COc1cc(F)ccc1-c1cc(NC(=O)[C@H]2CCC[C@@H](NC(=O)OC(C)(C)C)C2)ncc1F. The molecule has 0 bridgehead atoms. The standard InChI is InChI=1S/C24H29F2N3O4/c1-24(2,3)33-23(31)28-16-7-5-6-14(10-16)22(30)29-21-12-18(19(26)13-27-21)17-9-8-15(25)11-20(17)32-4/h8-9,11-14,16H,5-7,10H2,1-4H3,(H,28,31)(H,27,29,30)/t14-,16+/m0/s1. The lowest BCUT2D eigenvalue weighted by Crippen LogP contribution is -2.43. The van der Waals surface area contributed by atoms with Gasteiger partial charge >= 0.3 is 6.09 Å². The zero-order valence-corrected chi connectivity index (χ0v) is 19.2. The Hall–Kier alpha value is -3.23. The van der Waals surface area contributed by atoms with Crippen LogP contribution >= 0.6 is 0 Å². The van der Waals surface area contributed by atoms with Gasteiger partial charge in [-0.25, -0.2) is 18.6 Å². The van der Waals surface area contributed by atoms with E-state index in [0.717, 1.165) is 25.1 Å². The molecule has 1 aliphatic carbocycles. The zero-order valence-electron chi connectivity index (χ0n) is 19.2. The minimum Gasteiger partial charge on any atom is -0.496 e. The first-order chi connectivity index (χ1) is 15.6. The zero-order chi connectivity index (χ0) is 24.2. The Balaban J connectivity index is 1.69. The summed E-state index contributed by atoms with van der Waals surface area (Å²) in [5.41, 5.74) is -0.131. The lowest BCUT2D eigenvalue weighted by atomic mass is 9.85. The summed E-state index contributed by atoms with van der Waals surface area (Å²) in [7, 11) is 1.37. The summed E-state index contributed by atoms with van der Waals surface area (Å²) < 4.78 is 38.5. The third-order valence-electron chi connectivity index (χ3n) is 5.33. The molecule has 1 heterocycles. The summed E-state index contributed by atoms with van der Waals surface area (Å²) >= 11 is 0. The fourth-order valence-corrected chi connectivity index (χ4v) is 3.86. The Morgan fingerprint density at radius 3 is 2.58 bits per heavy atom. The summed E-state index contributed by atoms with van der Waals surface area (Å²) in [6.45, 7) is 5.36. The highest BCUT2D eigenvalue weighted by Gasteiger charge is 2.29. The maximum atomic E-state index is 14.5. The van der Waals surface area contributed by atoms with Gasteiger partial charge in [-0.3, -0.25) is 4.79 Å². The quantitative estimate of drug-likeness (QED) is 0.650. The Morgan fingerprint density at radius 2 is 1.88 bits per heavy atom. The van der Waals surface area contributed by atoms with Gasteiger partial charge in [0.05, 0.1) is 13.3 Å². The number of halogens is 2. The van der Waals surface area contributed by atoms with Gasteiger partial charge in [0, 0.05) is 29.2 Å². The van der Waals surface area contributed by atoms with Gasteiger partial charge in [0.15, 0.2) is 0 Å². The second kappa shape index (κ2) is 10.1. The highest BCUT2D eigenvalue weighted by molar-refractivity contribution is 5.92. The van der Waals surface area contributed by atoms with E-state index >= 15 is 0 Å². The number of carbonyl (C=O) groups is 2. The van der Waals surface area contributed by atoms with Crippen molar-refractivity contribution in [3.8, 4) is 16.9 Å². The molecule has 3 rings (SSSR count). The molecule has 178 valence electrons.